The van der Waals surface area contributed by atoms with Crippen LogP contribution in [0.4, 0.5) is 10.5 Å². The molecule has 3 N–H and O–H groups in total. The first-order valence-corrected chi connectivity index (χ1v) is 8.22. The minimum Gasteiger partial charge on any atom is -0.480 e. The summed E-state index contributed by atoms with van der Waals surface area (Å²) in [6.07, 6.45) is 4.95. The molecule has 0 saturated carbocycles. The monoisotopic (exact) mass is 353 g/mol. The van der Waals surface area contributed by atoms with Gasteiger partial charge in [-0.15, -0.1) is 0 Å². The lowest BCUT2D eigenvalue weighted by molar-refractivity contribution is -0.138. The number of pyridine rings is 1. The molecule has 1 amide bonds. The molecular formula is C19H19N3O4. The molecule has 7 heteroatoms. The Labute approximate surface area is 150 Å². The number of rotatable bonds is 5. The summed E-state index contributed by atoms with van der Waals surface area (Å²) in [4.78, 5) is 27.2. The maximum Gasteiger partial charge on any atom is 0.412 e. The van der Waals surface area contributed by atoms with E-state index in [0.29, 0.717) is 18.7 Å². The Morgan fingerprint density at radius 3 is 2.85 bits per heavy atom. The normalized spacial score (nSPS) is 16.5. The molecule has 1 aliphatic heterocycles. The number of benzene rings is 1. The van der Waals surface area contributed by atoms with Crippen LogP contribution in [0.25, 0.3) is 5.57 Å². The number of aliphatic carboxylic acids is 1. The molecule has 1 aromatic heterocycles. The predicted octanol–water partition coefficient (Wildman–Crippen LogP) is 2.66. The molecule has 26 heavy (non-hydrogen) atoms. The largest absolute Gasteiger partial charge is 0.480 e. The Kier molecular flexibility index (Phi) is 5.60. The average Bonchev–Trinajstić information content (AvgIpc) is 2.67. The number of carboxylic acid groups (broad SMARTS) is 1. The molecule has 0 radical (unpaired) electrons. The van der Waals surface area contributed by atoms with Crippen LogP contribution in [-0.4, -0.2) is 34.7 Å². The van der Waals surface area contributed by atoms with E-state index in [9.17, 15) is 9.59 Å². The fourth-order valence-corrected chi connectivity index (χ4v) is 2.67. The van der Waals surface area contributed by atoms with Crippen molar-refractivity contribution in [2.24, 2.45) is 0 Å². The molecule has 0 bridgehead atoms. The van der Waals surface area contributed by atoms with Crippen LogP contribution < -0.4 is 10.6 Å². The summed E-state index contributed by atoms with van der Waals surface area (Å²) < 4.78 is 5.19. The van der Waals surface area contributed by atoms with Crippen LogP contribution in [0.2, 0.25) is 0 Å². The zero-order chi connectivity index (χ0) is 18.4. The molecule has 1 aliphatic rings. The summed E-state index contributed by atoms with van der Waals surface area (Å²) in [5.41, 5.74) is 3.05. The summed E-state index contributed by atoms with van der Waals surface area (Å²) in [7, 11) is 0. The Morgan fingerprint density at radius 2 is 2.08 bits per heavy atom. The zero-order valence-corrected chi connectivity index (χ0v) is 14.0. The second-order valence-corrected chi connectivity index (χ2v) is 5.86. The average molecular weight is 353 g/mol. The first-order valence-electron chi connectivity index (χ1n) is 8.22. The van der Waals surface area contributed by atoms with Gasteiger partial charge in [0.05, 0.1) is 11.9 Å². The maximum atomic E-state index is 12.0. The SMILES string of the molecule is O=C(Nc1cncc(C2=CC(C(=O)O)NCC2)c1)OCc1ccccc1. The van der Waals surface area contributed by atoms with Crippen LogP contribution in [0.1, 0.15) is 17.5 Å². The highest BCUT2D eigenvalue weighted by atomic mass is 16.5. The van der Waals surface area contributed by atoms with Gasteiger partial charge in [0, 0.05) is 12.7 Å². The summed E-state index contributed by atoms with van der Waals surface area (Å²) in [5.74, 6) is -0.922. The molecule has 0 saturated heterocycles. The third-order valence-electron chi connectivity index (χ3n) is 3.96. The van der Waals surface area contributed by atoms with Crippen molar-refractivity contribution in [2.75, 3.05) is 11.9 Å². The van der Waals surface area contributed by atoms with E-state index in [-0.39, 0.29) is 6.61 Å². The number of carbonyl (C=O) groups is 2. The summed E-state index contributed by atoms with van der Waals surface area (Å²) in [6.45, 7) is 0.747. The highest BCUT2D eigenvalue weighted by Crippen LogP contribution is 2.23. The highest BCUT2D eigenvalue weighted by molar-refractivity contribution is 5.86. The molecule has 0 aliphatic carbocycles. The number of nitrogens with one attached hydrogen (secondary N) is 2. The third kappa shape index (κ3) is 4.67. The Bertz CT molecular complexity index is 821. The van der Waals surface area contributed by atoms with Crippen molar-refractivity contribution >= 4 is 23.3 Å². The van der Waals surface area contributed by atoms with Crippen LogP contribution in [0.3, 0.4) is 0 Å². The van der Waals surface area contributed by atoms with Gasteiger partial charge in [-0.25, -0.2) is 4.79 Å². The van der Waals surface area contributed by atoms with Crippen LogP contribution in [0, 0.1) is 0 Å². The fourth-order valence-electron chi connectivity index (χ4n) is 2.67. The quantitative estimate of drug-likeness (QED) is 0.764. The van der Waals surface area contributed by atoms with Gasteiger partial charge in [0.1, 0.15) is 12.6 Å². The van der Waals surface area contributed by atoms with Gasteiger partial charge in [-0.05, 0) is 29.2 Å². The summed E-state index contributed by atoms with van der Waals surface area (Å²) in [6, 6.07) is 10.4. The van der Waals surface area contributed by atoms with Gasteiger partial charge in [0.2, 0.25) is 0 Å². The van der Waals surface area contributed by atoms with E-state index < -0.39 is 18.1 Å². The predicted molar refractivity (Wildman–Crippen MR) is 96.5 cm³/mol. The van der Waals surface area contributed by atoms with Crippen molar-refractivity contribution < 1.29 is 19.4 Å². The summed E-state index contributed by atoms with van der Waals surface area (Å²) in [5, 5.41) is 14.7. The second kappa shape index (κ2) is 8.26. The number of nitrogens with zero attached hydrogens (tertiary/aromatic N) is 1. The van der Waals surface area contributed by atoms with Crippen LogP contribution in [-0.2, 0) is 16.1 Å². The van der Waals surface area contributed by atoms with Crippen LogP contribution in [0.15, 0.2) is 54.9 Å². The minimum absolute atomic E-state index is 0.177. The second-order valence-electron chi connectivity index (χ2n) is 5.86. The number of amides is 1. The number of hydrogen-bond acceptors (Lipinski definition) is 5. The molecular weight excluding hydrogens is 334 g/mol. The van der Waals surface area contributed by atoms with Crippen LogP contribution in [0.5, 0.6) is 0 Å². The van der Waals surface area contributed by atoms with E-state index in [1.54, 1.807) is 18.3 Å². The van der Waals surface area contributed by atoms with Crippen molar-refractivity contribution in [2.45, 2.75) is 19.1 Å². The lowest BCUT2D eigenvalue weighted by atomic mass is 9.98. The van der Waals surface area contributed by atoms with Gasteiger partial charge in [-0.1, -0.05) is 36.4 Å². The number of carboxylic acids is 1. The standard InChI is InChI=1S/C19H19N3O4/c23-18(24)17-9-14(6-7-21-17)15-8-16(11-20-10-15)22-19(25)26-12-13-4-2-1-3-5-13/h1-5,8-11,17,21H,6-7,12H2,(H,22,25)(H,23,24). The molecule has 1 unspecified atom stereocenters. The van der Waals surface area contributed by atoms with Gasteiger partial charge < -0.3 is 15.2 Å². The van der Waals surface area contributed by atoms with Gasteiger partial charge >= 0.3 is 12.1 Å². The third-order valence-corrected chi connectivity index (χ3v) is 3.96. The van der Waals surface area contributed by atoms with Gasteiger partial charge in [-0.3, -0.25) is 15.1 Å². The van der Waals surface area contributed by atoms with Gasteiger partial charge in [-0.2, -0.15) is 0 Å². The van der Waals surface area contributed by atoms with Gasteiger partial charge in [0.25, 0.3) is 0 Å². The Hall–Kier alpha value is -3.19. The first kappa shape index (κ1) is 17.6. The smallest absolute Gasteiger partial charge is 0.412 e. The summed E-state index contributed by atoms with van der Waals surface area (Å²) >= 11 is 0. The number of hydrogen-bond donors (Lipinski definition) is 3. The fraction of sp³-hybridized carbons (Fsp3) is 0.211. The van der Waals surface area contributed by atoms with E-state index in [4.69, 9.17) is 9.84 Å². The van der Waals surface area contributed by atoms with E-state index in [0.717, 1.165) is 16.7 Å². The Balaban J connectivity index is 1.64. The molecule has 0 spiro atoms. The number of anilines is 1. The van der Waals surface area contributed by atoms with E-state index in [2.05, 4.69) is 15.6 Å². The van der Waals surface area contributed by atoms with Crippen molar-refractivity contribution in [1.82, 2.24) is 10.3 Å². The molecule has 1 atom stereocenters. The highest BCUT2D eigenvalue weighted by Gasteiger charge is 2.20. The topological polar surface area (TPSA) is 101 Å². The molecule has 2 aromatic rings. The number of aromatic nitrogens is 1. The van der Waals surface area contributed by atoms with Crippen LogP contribution >= 0.6 is 0 Å². The van der Waals surface area contributed by atoms with Crippen molar-refractivity contribution in [1.29, 1.82) is 0 Å². The maximum absolute atomic E-state index is 12.0. The molecule has 7 nitrogen and oxygen atoms in total. The van der Waals surface area contributed by atoms with E-state index >= 15 is 0 Å². The lowest BCUT2D eigenvalue weighted by Crippen LogP contribution is -2.38. The molecule has 134 valence electrons. The minimum atomic E-state index is -0.922. The van der Waals surface area contributed by atoms with Crippen molar-refractivity contribution in [3.63, 3.8) is 0 Å². The Morgan fingerprint density at radius 1 is 1.27 bits per heavy atom. The number of ether oxygens (including phenoxy) is 1. The van der Waals surface area contributed by atoms with E-state index in [1.807, 2.05) is 30.3 Å². The molecule has 3 rings (SSSR count). The van der Waals surface area contributed by atoms with Crippen molar-refractivity contribution in [3.8, 4) is 0 Å². The molecule has 0 fully saturated rings. The molecule has 2 heterocycles. The molecule has 1 aromatic carbocycles. The zero-order valence-electron chi connectivity index (χ0n) is 14.0. The van der Waals surface area contributed by atoms with Crippen molar-refractivity contribution in [3.05, 3.63) is 66.0 Å². The number of carbonyl (C=O) groups excluding carboxylic acids is 1. The lowest BCUT2D eigenvalue weighted by Gasteiger charge is -2.20. The van der Waals surface area contributed by atoms with E-state index in [1.165, 1.54) is 6.20 Å². The first-order chi connectivity index (χ1) is 12.6. The van der Waals surface area contributed by atoms with Gasteiger partial charge in [0.15, 0.2) is 0 Å².